The van der Waals surface area contributed by atoms with Crippen molar-refractivity contribution in [3.8, 4) is 12.3 Å². The Kier molecular flexibility index (Phi) is 3.61. The van der Waals surface area contributed by atoms with Gasteiger partial charge in [0.2, 0.25) is 5.78 Å². The normalized spacial score (nSPS) is 15.5. The van der Waals surface area contributed by atoms with Crippen LogP contribution < -0.4 is 5.32 Å². The van der Waals surface area contributed by atoms with E-state index in [0.29, 0.717) is 4.91 Å². The van der Waals surface area contributed by atoms with E-state index in [1.165, 1.54) is 11.8 Å². The molecule has 2 aliphatic rings. The molecule has 0 spiro atoms. The predicted octanol–water partition coefficient (Wildman–Crippen LogP) is 3.79. The fourth-order valence-electron chi connectivity index (χ4n) is 3.66. The Labute approximate surface area is 156 Å². The third kappa shape index (κ3) is 2.17. The number of benzene rings is 2. The Morgan fingerprint density at radius 2 is 1.73 bits per heavy atom. The minimum Gasteiger partial charge on any atom is -0.336 e. The van der Waals surface area contributed by atoms with Gasteiger partial charge in [0, 0.05) is 11.1 Å². The number of terminal acetylenes is 1. The molecule has 1 amide bonds. The van der Waals surface area contributed by atoms with Gasteiger partial charge >= 0.3 is 0 Å². The summed E-state index contributed by atoms with van der Waals surface area (Å²) in [6.07, 6.45) is 7.37. The van der Waals surface area contributed by atoms with Gasteiger partial charge in [0.05, 0.1) is 16.0 Å². The third-order valence-corrected chi connectivity index (χ3v) is 5.62. The Morgan fingerprint density at radius 3 is 2.31 bits per heavy atom. The van der Waals surface area contributed by atoms with Crippen LogP contribution in [0.2, 0.25) is 0 Å². The molecule has 1 N–H and O–H groups in total. The van der Waals surface area contributed by atoms with Crippen molar-refractivity contribution in [1.29, 1.82) is 0 Å². The van der Waals surface area contributed by atoms with E-state index in [1.807, 2.05) is 42.7 Å². The van der Waals surface area contributed by atoms with Gasteiger partial charge in [-0.1, -0.05) is 42.3 Å². The number of carbonyl (C=O) groups is 2. The first kappa shape index (κ1) is 16.7. The highest BCUT2D eigenvalue weighted by atomic mass is 32.2. The van der Waals surface area contributed by atoms with Crippen LogP contribution in [0.1, 0.15) is 25.0 Å². The van der Waals surface area contributed by atoms with E-state index in [0.717, 1.165) is 33.0 Å². The molecule has 0 saturated heterocycles. The van der Waals surface area contributed by atoms with Crippen LogP contribution in [-0.4, -0.2) is 23.5 Å². The van der Waals surface area contributed by atoms with Crippen molar-refractivity contribution in [1.82, 2.24) is 5.32 Å². The second-order valence-corrected chi connectivity index (χ2v) is 7.74. The molecule has 26 heavy (non-hydrogen) atoms. The molecule has 2 aromatic carbocycles. The van der Waals surface area contributed by atoms with Crippen molar-refractivity contribution in [3.63, 3.8) is 0 Å². The number of ketones is 1. The van der Waals surface area contributed by atoms with Crippen molar-refractivity contribution >= 4 is 45.4 Å². The fourth-order valence-corrected chi connectivity index (χ4v) is 4.36. The molecule has 0 aliphatic heterocycles. The second kappa shape index (κ2) is 5.62. The number of Topliss-reactive ketones (excluding diaryl/α,β-unsaturated/α-hetero) is 1. The van der Waals surface area contributed by atoms with E-state index in [2.05, 4.69) is 11.2 Å². The maximum Gasteiger partial charge on any atom is 0.257 e. The summed E-state index contributed by atoms with van der Waals surface area (Å²) in [5, 5.41) is 5.01. The molecular weight excluding hydrogens is 342 g/mol. The SMILES string of the molecule is C#CC(C)(C)NC(=O)C1=C2C(=C(SC)C1=O)c1cccc3cccc2c13. The second-order valence-electron chi connectivity index (χ2n) is 6.92. The lowest BCUT2D eigenvalue weighted by atomic mass is 9.99. The smallest absolute Gasteiger partial charge is 0.257 e. The molecule has 0 saturated carbocycles. The maximum absolute atomic E-state index is 13.0. The Bertz CT molecular complexity index is 1110. The summed E-state index contributed by atoms with van der Waals surface area (Å²) in [6, 6.07) is 12.0. The lowest BCUT2D eigenvalue weighted by Crippen LogP contribution is -2.43. The number of hydrogen-bond acceptors (Lipinski definition) is 3. The van der Waals surface area contributed by atoms with E-state index < -0.39 is 11.4 Å². The van der Waals surface area contributed by atoms with Gasteiger partial charge in [-0.25, -0.2) is 0 Å². The quantitative estimate of drug-likeness (QED) is 0.670. The van der Waals surface area contributed by atoms with Gasteiger partial charge in [-0.2, -0.15) is 0 Å². The van der Waals surface area contributed by atoms with E-state index in [4.69, 9.17) is 6.42 Å². The molecular formula is C22H17NO2S. The summed E-state index contributed by atoms with van der Waals surface area (Å²) in [7, 11) is 0. The highest BCUT2D eigenvalue weighted by Crippen LogP contribution is 2.54. The summed E-state index contributed by atoms with van der Waals surface area (Å²) in [4.78, 5) is 26.6. The standard InChI is InChI=1S/C22H17NO2S/c1-5-22(2,3)23-21(25)18-16-13-10-6-8-12-9-7-11-14(15(12)13)17(16)20(26-4)19(18)24/h1,6-11H,2-4H3,(H,23,25). The van der Waals surface area contributed by atoms with Gasteiger partial charge in [-0.05, 0) is 42.0 Å². The molecule has 2 aromatic rings. The zero-order valence-corrected chi connectivity index (χ0v) is 15.6. The first-order valence-corrected chi connectivity index (χ1v) is 9.52. The van der Waals surface area contributed by atoms with E-state index >= 15 is 0 Å². The molecule has 0 bridgehead atoms. The minimum atomic E-state index is -0.829. The summed E-state index contributed by atoms with van der Waals surface area (Å²) >= 11 is 1.38. The van der Waals surface area contributed by atoms with E-state index in [1.54, 1.807) is 13.8 Å². The molecule has 2 aliphatic carbocycles. The monoisotopic (exact) mass is 359 g/mol. The van der Waals surface area contributed by atoms with Crippen molar-refractivity contribution in [2.45, 2.75) is 19.4 Å². The number of nitrogens with one attached hydrogen (secondary N) is 1. The molecule has 128 valence electrons. The largest absolute Gasteiger partial charge is 0.336 e. The van der Waals surface area contributed by atoms with Crippen molar-refractivity contribution in [3.05, 3.63) is 58.0 Å². The van der Waals surface area contributed by atoms with Crippen LogP contribution in [0.15, 0.2) is 46.9 Å². The van der Waals surface area contributed by atoms with Crippen LogP contribution in [0.25, 0.3) is 21.9 Å². The lowest BCUT2D eigenvalue weighted by molar-refractivity contribution is -0.121. The number of carbonyl (C=O) groups excluding carboxylic acids is 2. The average Bonchev–Trinajstić information content (AvgIpc) is 3.08. The maximum atomic E-state index is 13.0. The minimum absolute atomic E-state index is 0.191. The molecule has 4 rings (SSSR count). The fraction of sp³-hybridized carbons (Fsp3) is 0.182. The van der Waals surface area contributed by atoms with Crippen molar-refractivity contribution < 1.29 is 9.59 Å². The van der Waals surface area contributed by atoms with Gasteiger partial charge in [-0.3, -0.25) is 9.59 Å². The first-order chi connectivity index (χ1) is 12.4. The van der Waals surface area contributed by atoms with E-state index in [-0.39, 0.29) is 11.4 Å². The molecule has 0 aromatic heterocycles. The number of allylic oxidation sites excluding steroid dienone is 3. The van der Waals surface area contributed by atoms with Gasteiger partial charge in [0.25, 0.3) is 5.91 Å². The summed E-state index contributed by atoms with van der Waals surface area (Å²) < 4.78 is 0. The summed E-state index contributed by atoms with van der Waals surface area (Å²) in [6.45, 7) is 3.48. The number of hydrogen-bond donors (Lipinski definition) is 1. The number of thioether (sulfide) groups is 1. The molecule has 3 nitrogen and oxygen atoms in total. The average molecular weight is 359 g/mol. The molecule has 0 atom stereocenters. The van der Waals surface area contributed by atoms with Gasteiger partial charge in [0.15, 0.2) is 0 Å². The Hall–Kier alpha value is -2.77. The van der Waals surface area contributed by atoms with Crippen LogP contribution in [0.3, 0.4) is 0 Å². The number of fused-ring (bicyclic) bond motifs is 3. The number of amides is 1. The molecule has 0 fully saturated rings. The Morgan fingerprint density at radius 1 is 1.12 bits per heavy atom. The Balaban J connectivity index is 1.99. The van der Waals surface area contributed by atoms with Gasteiger partial charge in [0.1, 0.15) is 0 Å². The number of rotatable bonds is 3. The van der Waals surface area contributed by atoms with Crippen LogP contribution in [0.4, 0.5) is 0 Å². The highest BCUT2D eigenvalue weighted by Gasteiger charge is 2.42. The molecule has 0 heterocycles. The van der Waals surface area contributed by atoms with Crippen LogP contribution in [-0.2, 0) is 9.59 Å². The summed E-state index contributed by atoms with van der Waals surface area (Å²) in [5.41, 5.74) is 2.93. The zero-order chi connectivity index (χ0) is 18.6. The topological polar surface area (TPSA) is 46.2 Å². The lowest BCUT2D eigenvalue weighted by Gasteiger charge is -2.20. The highest BCUT2D eigenvalue weighted by molar-refractivity contribution is 8.03. The first-order valence-electron chi connectivity index (χ1n) is 8.30. The third-order valence-electron chi connectivity index (χ3n) is 4.82. The zero-order valence-electron chi connectivity index (χ0n) is 14.8. The van der Waals surface area contributed by atoms with Crippen molar-refractivity contribution in [2.24, 2.45) is 0 Å². The van der Waals surface area contributed by atoms with E-state index in [9.17, 15) is 9.59 Å². The van der Waals surface area contributed by atoms with Crippen molar-refractivity contribution in [2.75, 3.05) is 6.26 Å². The predicted molar refractivity (Wildman–Crippen MR) is 107 cm³/mol. The van der Waals surface area contributed by atoms with Crippen LogP contribution in [0, 0.1) is 12.3 Å². The van der Waals surface area contributed by atoms with Crippen LogP contribution in [0.5, 0.6) is 0 Å². The van der Waals surface area contributed by atoms with Gasteiger partial charge < -0.3 is 5.32 Å². The molecule has 0 unspecified atom stereocenters. The van der Waals surface area contributed by atoms with Crippen LogP contribution >= 0.6 is 11.8 Å². The molecule has 4 heteroatoms. The summed E-state index contributed by atoms with van der Waals surface area (Å²) in [5.74, 6) is 1.91. The van der Waals surface area contributed by atoms with Gasteiger partial charge in [-0.15, -0.1) is 18.2 Å². The molecule has 0 radical (unpaired) electrons.